The summed E-state index contributed by atoms with van der Waals surface area (Å²) in [5, 5.41) is 2.64. The summed E-state index contributed by atoms with van der Waals surface area (Å²) < 4.78 is 5.76. The summed E-state index contributed by atoms with van der Waals surface area (Å²) in [6, 6.07) is 1.84. The van der Waals surface area contributed by atoms with E-state index in [-0.39, 0.29) is 18.1 Å². The lowest BCUT2D eigenvalue weighted by molar-refractivity contribution is -0.125. The van der Waals surface area contributed by atoms with Crippen LogP contribution in [-0.2, 0) is 20.9 Å². The number of anilines is 1. The minimum Gasteiger partial charge on any atom is -0.379 e. The first-order chi connectivity index (χ1) is 9.75. The van der Waals surface area contributed by atoms with E-state index in [4.69, 9.17) is 4.74 Å². The number of hydrogen-bond donors (Lipinski definition) is 1. The van der Waals surface area contributed by atoms with Gasteiger partial charge in [0.1, 0.15) is 12.4 Å². The third kappa shape index (κ3) is 6.22. The van der Waals surface area contributed by atoms with Gasteiger partial charge in [-0.1, -0.05) is 0 Å². The zero-order valence-corrected chi connectivity index (χ0v) is 14.2. The summed E-state index contributed by atoms with van der Waals surface area (Å²) in [5.41, 5.74) is 0.863. The van der Waals surface area contributed by atoms with Crippen molar-refractivity contribution in [1.29, 1.82) is 0 Å². The molecule has 0 radical (unpaired) electrons. The van der Waals surface area contributed by atoms with Crippen molar-refractivity contribution >= 4 is 34.1 Å². The average molecular weight is 358 g/mol. The van der Waals surface area contributed by atoms with Gasteiger partial charge in [-0.15, -0.1) is 0 Å². The highest BCUT2D eigenvalue weighted by Crippen LogP contribution is 2.21. The number of hydrogen-bond acceptors (Lipinski definition) is 4. The Bertz CT molecular complexity index is 515. The van der Waals surface area contributed by atoms with Crippen molar-refractivity contribution in [3.63, 3.8) is 0 Å². The zero-order valence-electron chi connectivity index (χ0n) is 12.6. The van der Waals surface area contributed by atoms with Gasteiger partial charge in [-0.05, 0) is 42.8 Å². The van der Waals surface area contributed by atoms with Crippen LogP contribution >= 0.6 is 15.9 Å². The van der Waals surface area contributed by atoms with Crippen LogP contribution in [0.1, 0.15) is 26.3 Å². The fraction of sp³-hybridized carbons (Fsp3) is 0.500. The highest BCUT2D eigenvalue weighted by Gasteiger charge is 2.18. The van der Waals surface area contributed by atoms with Gasteiger partial charge in [0.15, 0.2) is 0 Å². The molecule has 1 aromatic rings. The Balaban J connectivity index is 0.000000315. The monoisotopic (exact) mass is 357 g/mol. The van der Waals surface area contributed by atoms with Crippen LogP contribution < -0.4 is 5.32 Å². The molecule has 0 aliphatic carbocycles. The van der Waals surface area contributed by atoms with E-state index in [9.17, 15) is 9.59 Å². The molecule has 1 aliphatic heterocycles. The molecule has 6 nitrogen and oxygen atoms in total. The first-order valence-corrected chi connectivity index (χ1v) is 7.23. The number of amides is 2. The third-order valence-corrected chi connectivity index (χ3v) is 3.11. The average Bonchev–Trinajstić information content (AvgIpc) is 2.56. The molecule has 0 bridgehead atoms. The molecule has 2 rings (SSSR count). The Morgan fingerprint density at radius 1 is 1.43 bits per heavy atom. The maximum atomic E-state index is 11.3. The molecule has 0 fully saturated rings. The van der Waals surface area contributed by atoms with E-state index in [2.05, 4.69) is 26.2 Å². The second-order valence-electron chi connectivity index (χ2n) is 5.54. The molecular formula is C14H20BrN3O3. The van der Waals surface area contributed by atoms with E-state index in [1.54, 1.807) is 13.3 Å². The molecule has 2 amide bonds. The van der Waals surface area contributed by atoms with Gasteiger partial charge < -0.3 is 15.0 Å². The molecule has 0 atom stereocenters. The van der Waals surface area contributed by atoms with Gasteiger partial charge in [0, 0.05) is 29.9 Å². The van der Waals surface area contributed by atoms with E-state index < -0.39 is 0 Å². The first-order valence-electron chi connectivity index (χ1n) is 6.44. The third-order valence-electron chi connectivity index (χ3n) is 2.67. The number of pyridine rings is 1. The molecule has 0 aromatic carbocycles. The van der Waals surface area contributed by atoms with E-state index in [0.717, 1.165) is 10.0 Å². The fourth-order valence-electron chi connectivity index (χ4n) is 1.42. The summed E-state index contributed by atoms with van der Waals surface area (Å²) in [6.07, 6.45) is 2.27. The summed E-state index contributed by atoms with van der Waals surface area (Å²) in [5.74, 6) is 0.295. The zero-order chi connectivity index (χ0) is 16.0. The normalized spacial score (nSPS) is 14.3. The Labute approximate surface area is 133 Å². The Hall–Kier alpha value is -1.47. The van der Waals surface area contributed by atoms with Gasteiger partial charge in [0.2, 0.25) is 12.3 Å². The highest BCUT2D eigenvalue weighted by molar-refractivity contribution is 9.10. The minimum absolute atomic E-state index is 0.0417. The second-order valence-corrected chi connectivity index (χ2v) is 6.45. The number of carbonyl (C=O) groups is 2. The summed E-state index contributed by atoms with van der Waals surface area (Å²) in [7, 11) is 1.71. The van der Waals surface area contributed by atoms with Crippen molar-refractivity contribution in [2.75, 3.05) is 19.0 Å². The Kier molecular flexibility index (Phi) is 6.29. The van der Waals surface area contributed by atoms with Gasteiger partial charge in [-0.3, -0.25) is 9.59 Å². The number of carbonyl (C=O) groups excluding carboxylic acids is 2. The quantitative estimate of drug-likeness (QED) is 0.782. The minimum atomic E-state index is -0.226. The van der Waals surface area contributed by atoms with Gasteiger partial charge >= 0.3 is 0 Å². The van der Waals surface area contributed by atoms with Crippen LogP contribution in [0.2, 0.25) is 0 Å². The van der Waals surface area contributed by atoms with Crippen LogP contribution in [0.15, 0.2) is 16.7 Å². The number of aromatic nitrogens is 1. The summed E-state index contributed by atoms with van der Waals surface area (Å²) in [4.78, 5) is 27.5. The number of halogens is 1. The van der Waals surface area contributed by atoms with Crippen molar-refractivity contribution in [1.82, 2.24) is 9.88 Å². The van der Waals surface area contributed by atoms with Crippen molar-refractivity contribution < 1.29 is 14.3 Å². The molecule has 0 saturated carbocycles. The molecular weight excluding hydrogens is 338 g/mol. The maximum absolute atomic E-state index is 11.3. The number of ether oxygens (including phenoxy) is 1. The molecule has 0 spiro atoms. The lowest BCUT2D eigenvalue weighted by Crippen LogP contribution is -2.28. The number of rotatable bonds is 1. The molecule has 1 aliphatic rings. The number of nitrogens with zero attached hydrogens (tertiary/aromatic N) is 2. The SMILES string of the molecule is COC(C)(C)C.O=CN1CC(=O)Nc2ncc(Br)cc2C1. The molecule has 2 heterocycles. The lowest BCUT2D eigenvalue weighted by Gasteiger charge is -2.14. The van der Waals surface area contributed by atoms with Gasteiger partial charge in [0.05, 0.1) is 5.60 Å². The number of fused-ring (bicyclic) bond motifs is 1. The van der Waals surface area contributed by atoms with Crippen molar-refractivity contribution in [3.05, 3.63) is 22.3 Å². The smallest absolute Gasteiger partial charge is 0.245 e. The van der Waals surface area contributed by atoms with Crippen molar-refractivity contribution in [3.8, 4) is 0 Å². The Morgan fingerprint density at radius 3 is 2.57 bits per heavy atom. The van der Waals surface area contributed by atoms with Crippen LogP contribution in [0.3, 0.4) is 0 Å². The Morgan fingerprint density at radius 2 is 2.05 bits per heavy atom. The predicted molar refractivity (Wildman–Crippen MR) is 83.8 cm³/mol. The van der Waals surface area contributed by atoms with Gasteiger partial charge in [-0.2, -0.15) is 0 Å². The molecule has 0 saturated heterocycles. The first kappa shape index (κ1) is 17.6. The molecule has 0 unspecified atom stereocenters. The molecule has 116 valence electrons. The van der Waals surface area contributed by atoms with E-state index >= 15 is 0 Å². The number of nitrogens with one attached hydrogen (secondary N) is 1. The maximum Gasteiger partial charge on any atom is 0.245 e. The highest BCUT2D eigenvalue weighted by atomic mass is 79.9. The fourth-order valence-corrected chi connectivity index (χ4v) is 1.80. The second kappa shape index (κ2) is 7.51. The standard InChI is InChI=1S/C9H8BrN3O2.C5H12O/c10-7-1-6-3-13(5-14)4-8(15)12-9(6)11-2-7;1-5(2,3)6-4/h1-2,5H,3-4H2,(H,11,12,15);1-4H3. The van der Waals surface area contributed by atoms with E-state index in [1.165, 1.54) is 4.90 Å². The molecule has 1 N–H and O–H groups in total. The molecule has 1 aromatic heterocycles. The largest absolute Gasteiger partial charge is 0.379 e. The van der Waals surface area contributed by atoms with Crippen LogP contribution in [0, 0.1) is 0 Å². The van der Waals surface area contributed by atoms with E-state index in [0.29, 0.717) is 18.8 Å². The topological polar surface area (TPSA) is 71.5 Å². The summed E-state index contributed by atoms with van der Waals surface area (Å²) in [6.45, 7) is 6.52. The summed E-state index contributed by atoms with van der Waals surface area (Å²) >= 11 is 3.29. The number of methoxy groups -OCH3 is 1. The predicted octanol–water partition coefficient (Wildman–Crippen LogP) is 2.19. The van der Waals surface area contributed by atoms with Crippen molar-refractivity contribution in [2.45, 2.75) is 32.9 Å². The van der Waals surface area contributed by atoms with Crippen molar-refractivity contribution in [2.24, 2.45) is 0 Å². The van der Waals surface area contributed by atoms with Gasteiger partial charge in [0.25, 0.3) is 0 Å². The van der Waals surface area contributed by atoms with Crippen LogP contribution in [0.4, 0.5) is 5.82 Å². The van der Waals surface area contributed by atoms with E-state index in [1.807, 2.05) is 26.8 Å². The van der Waals surface area contributed by atoms with Crippen LogP contribution in [0.5, 0.6) is 0 Å². The lowest BCUT2D eigenvalue weighted by atomic mass is 10.2. The van der Waals surface area contributed by atoms with Gasteiger partial charge in [-0.25, -0.2) is 4.98 Å². The molecule has 7 heteroatoms. The van der Waals surface area contributed by atoms with Crippen LogP contribution in [0.25, 0.3) is 0 Å². The molecule has 21 heavy (non-hydrogen) atoms. The van der Waals surface area contributed by atoms with Crippen LogP contribution in [-0.4, -0.2) is 41.5 Å².